The first-order valence-corrected chi connectivity index (χ1v) is 4.09. The van der Waals surface area contributed by atoms with Crippen LogP contribution in [0.15, 0.2) is 24.3 Å². The van der Waals surface area contributed by atoms with Crippen LogP contribution in [0.2, 0.25) is 0 Å². The smallest absolute Gasteiger partial charge is 0.284 e. The van der Waals surface area contributed by atoms with Crippen molar-refractivity contribution in [3.8, 4) is 0 Å². The van der Waals surface area contributed by atoms with Crippen molar-refractivity contribution >= 4 is 23.4 Å². The van der Waals surface area contributed by atoms with E-state index in [9.17, 15) is 18.0 Å². The predicted octanol–water partition coefficient (Wildman–Crippen LogP) is 2.78. The number of thiocarbonyl (C=S) groups is 1. The highest BCUT2D eigenvalue weighted by atomic mass is 32.1. The molecule has 1 nitrogen and oxygen atoms in total. The fraction of sp³-hybridized carbons (Fsp3) is 0.111. The molecule has 0 saturated heterocycles. The summed E-state index contributed by atoms with van der Waals surface area (Å²) in [5, 5.41) is 1.32. The van der Waals surface area contributed by atoms with E-state index in [1.165, 1.54) is 17.5 Å². The molecule has 0 atom stereocenters. The van der Waals surface area contributed by atoms with E-state index >= 15 is 0 Å². The van der Waals surface area contributed by atoms with E-state index in [2.05, 4.69) is 12.2 Å². The van der Waals surface area contributed by atoms with Gasteiger partial charge in [0.1, 0.15) is 0 Å². The summed E-state index contributed by atoms with van der Waals surface area (Å²) in [5.41, 5.74) is 0.219. The molecule has 0 N–H and O–H groups in total. The molecule has 5 heteroatoms. The first-order valence-electron chi connectivity index (χ1n) is 3.62. The highest BCUT2D eigenvalue weighted by Gasteiger charge is 2.38. The van der Waals surface area contributed by atoms with Crippen molar-refractivity contribution in [1.82, 2.24) is 0 Å². The molecule has 0 bridgehead atoms. The standard InChI is InChI=1S/C9H5F3OS/c10-9(11,12)8(13)7-3-1-6(5-14)2-4-7/h1-5H. The summed E-state index contributed by atoms with van der Waals surface area (Å²) in [6.45, 7) is 0. The van der Waals surface area contributed by atoms with E-state index in [1.807, 2.05) is 0 Å². The second-order valence-electron chi connectivity index (χ2n) is 2.57. The first-order chi connectivity index (χ1) is 6.45. The summed E-state index contributed by atoms with van der Waals surface area (Å²) >= 11 is 4.57. The fourth-order valence-electron chi connectivity index (χ4n) is 0.877. The predicted molar refractivity (Wildman–Crippen MR) is 49.6 cm³/mol. The number of hydrogen-bond acceptors (Lipinski definition) is 2. The number of carbonyl (C=O) groups excluding carboxylic acids is 1. The molecule has 0 heterocycles. The van der Waals surface area contributed by atoms with Crippen molar-refractivity contribution in [2.45, 2.75) is 6.18 Å². The molecular weight excluding hydrogens is 213 g/mol. The van der Waals surface area contributed by atoms with Crippen molar-refractivity contribution in [1.29, 1.82) is 0 Å². The van der Waals surface area contributed by atoms with Crippen LogP contribution in [0.4, 0.5) is 13.2 Å². The number of alkyl halides is 3. The monoisotopic (exact) mass is 218 g/mol. The number of rotatable bonds is 2. The van der Waals surface area contributed by atoms with Crippen LogP contribution in [-0.2, 0) is 0 Å². The number of hydrogen-bond donors (Lipinski definition) is 0. The van der Waals surface area contributed by atoms with E-state index in [0.29, 0.717) is 5.56 Å². The SMILES string of the molecule is O=C(c1ccc(C=S)cc1)C(F)(F)F. The molecule has 1 rings (SSSR count). The van der Waals surface area contributed by atoms with Gasteiger partial charge in [-0.2, -0.15) is 13.2 Å². The Bertz CT molecular complexity index is 353. The second kappa shape index (κ2) is 3.88. The summed E-state index contributed by atoms with van der Waals surface area (Å²) in [5.74, 6) is -1.84. The molecule has 0 spiro atoms. The summed E-state index contributed by atoms with van der Waals surface area (Å²) in [7, 11) is 0. The van der Waals surface area contributed by atoms with Crippen LogP contribution in [-0.4, -0.2) is 17.3 Å². The lowest BCUT2D eigenvalue weighted by molar-refractivity contribution is -0.0885. The van der Waals surface area contributed by atoms with Gasteiger partial charge in [-0.3, -0.25) is 4.79 Å². The van der Waals surface area contributed by atoms with Gasteiger partial charge in [0.15, 0.2) is 0 Å². The Balaban J connectivity index is 2.98. The summed E-state index contributed by atoms with van der Waals surface area (Å²) in [4.78, 5) is 10.7. The third kappa shape index (κ3) is 2.38. The van der Waals surface area contributed by atoms with Crippen molar-refractivity contribution in [2.24, 2.45) is 0 Å². The van der Waals surface area contributed by atoms with Crippen LogP contribution in [0.1, 0.15) is 15.9 Å². The Morgan fingerprint density at radius 1 is 1.21 bits per heavy atom. The van der Waals surface area contributed by atoms with Gasteiger partial charge >= 0.3 is 6.18 Å². The van der Waals surface area contributed by atoms with Gasteiger partial charge in [-0.25, -0.2) is 0 Å². The van der Waals surface area contributed by atoms with Crippen LogP contribution < -0.4 is 0 Å². The largest absolute Gasteiger partial charge is 0.454 e. The number of Topliss-reactive ketones (excluding diaryl/α,β-unsaturated/α-hetero) is 1. The van der Waals surface area contributed by atoms with Gasteiger partial charge in [0, 0.05) is 10.9 Å². The molecule has 0 aliphatic heterocycles. The Labute approximate surface area is 83.5 Å². The zero-order chi connectivity index (χ0) is 10.8. The van der Waals surface area contributed by atoms with Crippen LogP contribution >= 0.6 is 12.2 Å². The maximum absolute atomic E-state index is 11.9. The molecule has 0 fully saturated rings. The molecule has 0 unspecified atom stereocenters. The third-order valence-electron chi connectivity index (χ3n) is 1.57. The first kappa shape index (κ1) is 10.8. The Morgan fingerprint density at radius 2 is 1.71 bits per heavy atom. The average molecular weight is 218 g/mol. The maximum Gasteiger partial charge on any atom is 0.454 e. The van der Waals surface area contributed by atoms with E-state index < -0.39 is 12.0 Å². The van der Waals surface area contributed by atoms with E-state index in [0.717, 1.165) is 12.1 Å². The van der Waals surface area contributed by atoms with Gasteiger partial charge in [-0.1, -0.05) is 36.5 Å². The van der Waals surface area contributed by atoms with Gasteiger partial charge in [0.05, 0.1) is 0 Å². The van der Waals surface area contributed by atoms with Gasteiger partial charge in [-0.15, -0.1) is 0 Å². The number of halogens is 3. The van der Waals surface area contributed by atoms with Crippen LogP contribution in [0.25, 0.3) is 0 Å². The highest BCUT2D eigenvalue weighted by Crippen LogP contribution is 2.21. The lowest BCUT2D eigenvalue weighted by atomic mass is 10.1. The van der Waals surface area contributed by atoms with Crippen molar-refractivity contribution in [3.05, 3.63) is 35.4 Å². The van der Waals surface area contributed by atoms with Crippen LogP contribution in [0.5, 0.6) is 0 Å². The second-order valence-corrected chi connectivity index (χ2v) is 2.80. The molecule has 0 radical (unpaired) electrons. The number of carbonyl (C=O) groups is 1. The van der Waals surface area contributed by atoms with E-state index in [-0.39, 0.29) is 5.56 Å². The molecule has 0 aliphatic carbocycles. The highest BCUT2D eigenvalue weighted by molar-refractivity contribution is 7.79. The normalized spacial score (nSPS) is 11.1. The topological polar surface area (TPSA) is 17.1 Å². The zero-order valence-corrected chi connectivity index (χ0v) is 7.65. The Hall–Kier alpha value is -1.23. The molecule has 0 saturated carbocycles. The Morgan fingerprint density at radius 3 is 2.07 bits per heavy atom. The van der Waals surface area contributed by atoms with Gasteiger partial charge in [0.2, 0.25) is 0 Å². The quantitative estimate of drug-likeness (QED) is 0.560. The minimum absolute atomic E-state index is 0.377. The van der Waals surface area contributed by atoms with E-state index in [4.69, 9.17) is 0 Å². The fourth-order valence-corrected chi connectivity index (χ4v) is 1.03. The van der Waals surface area contributed by atoms with Gasteiger partial charge < -0.3 is 0 Å². The molecule has 0 aromatic heterocycles. The molecule has 0 aliphatic rings. The molecule has 74 valence electrons. The summed E-state index contributed by atoms with van der Waals surface area (Å²) in [6.07, 6.45) is -4.82. The molecule has 14 heavy (non-hydrogen) atoms. The average Bonchev–Trinajstić information content (AvgIpc) is 2.15. The minimum Gasteiger partial charge on any atom is -0.284 e. The molecule has 1 aromatic carbocycles. The summed E-state index contributed by atoms with van der Waals surface area (Å²) < 4.78 is 35.8. The molecule has 1 aromatic rings. The number of benzene rings is 1. The van der Waals surface area contributed by atoms with Gasteiger partial charge in [-0.05, 0) is 5.56 Å². The number of ketones is 1. The lowest BCUT2D eigenvalue weighted by Gasteiger charge is -2.04. The van der Waals surface area contributed by atoms with Crippen LogP contribution in [0.3, 0.4) is 0 Å². The van der Waals surface area contributed by atoms with Crippen molar-refractivity contribution in [3.63, 3.8) is 0 Å². The summed E-state index contributed by atoms with van der Waals surface area (Å²) in [6, 6.07) is 4.94. The minimum atomic E-state index is -4.82. The van der Waals surface area contributed by atoms with Crippen molar-refractivity contribution in [2.75, 3.05) is 0 Å². The zero-order valence-electron chi connectivity index (χ0n) is 6.84. The van der Waals surface area contributed by atoms with E-state index in [1.54, 1.807) is 0 Å². The molecule has 0 amide bonds. The molecular formula is C9H5F3OS. The third-order valence-corrected chi connectivity index (χ3v) is 1.84. The van der Waals surface area contributed by atoms with Gasteiger partial charge in [0.25, 0.3) is 5.78 Å². The lowest BCUT2D eigenvalue weighted by Crippen LogP contribution is -2.22. The maximum atomic E-state index is 11.9. The van der Waals surface area contributed by atoms with Crippen LogP contribution in [0, 0.1) is 0 Å². The van der Waals surface area contributed by atoms with Crippen molar-refractivity contribution < 1.29 is 18.0 Å². The Kier molecular flexibility index (Phi) is 3.00.